The van der Waals surface area contributed by atoms with Crippen LogP contribution in [0, 0.1) is 11.6 Å². The fourth-order valence-electron chi connectivity index (χ4n) is 1.65. The third-order valence-corrected chi connectivity index (χ3v) is 4.66. The van der Waals surface area contributed by atoms with Gasteiger partial charge in [-0.25, -0.2) is 17.2 Å². The van der Waals surface area contributed by atoms with Crippen molar-refractivity contribution in [3.05, 3.63) is 58.6 Å². The molecule has 0 saturated heterocycles. The molecule has 3 nitrogen and oxygen atoms in total. The lowest BCUT2D eigenvalue weighted by Gasteiger charge is -2.07. The van der Waals surface area contributed by atoms with Crippen molar-refractivity contribution >= 4 is 27.1 Å². The number of nitrogen functional groups attached to an aromatic ring is 1. The number of anilines is 1. The van der Waals surface area contributed by atoms with Crippen molar-refractivity contribution in [3.8, 4) is 0 Å². The Balaban J connectivity index is 2.41. The minimum absolute atomic E-state index is 0.0743. The van der Waals surface area contributed by atoms with Crippen LogP contribution >= 0.6 is 11.6 Å². The van der Waals surface area contributed by atoms with E-state index in [0.29, 0.717) is 0 Å². The van der Waals surface area contributed by atoms with Crippen molar-refractivity contribution in [1.29, 1.82) is 0 Å². The van der Waals surface area contributed by atoms with Crippen molar-refractivity contribution < 1.29 is 17.2 Å². The van der Waals surface area contributed by atoms with Gasteiger partial charge in [0.2, 0.25) is 0 Å². The molecular formula is C13H10ClF2NO2S. The molecule has 0 spiro atoms. The second-order valence-corrected chi connectivity index (χ2v) is 6.55. The summed E-state index contributed by atoms with van der Waals surface area (Å²) in [5.74, 6) is -2.24. The summed E-state index contributed by atoms with van der Waals surface area (Å²) >= 11 is 5.59. The number of halogens is 3. The van der Waals surface area contributed by atoms with E-state index in [9.17, 15) is 17.2 Å². The zero-order chi connectivity index (χ0) is 14.9. The third kappa shape index (κ3) is 2.91. The Morgan fingerprint density at radius 2 is 1.85 bits per heavy atom. The van der Waals surface area contributed by atoms with Crippen molar-refractivity contribution in [2.75, 3.05) is 5.73 Å². The monoisotopic (exact) mass is 317 g/mol. The van der Waals surface area contributed by atoms with Crippen LogP contribution in [0.15, 0.2) is 41.3 Å². The normalized spacial score (nSPS) is 11.6. The van der Waals surface area contributed by atoms with Crippen LogP contribution in [-0.2, 0) is 15.6 Å². The Labute approximate surface area is 119 Å². The van der Waals surface area contributed by atoms with Crippen LogP contribution in [0.1, 0.15) is 5.56 Å². The highest BCUT2D eigenvalue weighted by Gasteiger charge is 2.19. The molecule has 0 bridgehead atoms. The van der Waals surface area contributed by atoms with Crippen molar-refractivity contribution in [1.82, 2.24) is 0 Å². The maximum atomic E-state index is 13.7. The summed E-state index contributed by atoms with van der Waals surface area (Å²) in [7, 11) is -3.89. The first kappa shape index (κ1) is 14.7. The number of hydrogen-bond donors (Lipinski definition) is 1. The van der Waals surface area contributed by atoms with Crippen LogP contribution in [0.5, 0.6) is 0 Å². The lowest BCUT2D eigenvalue weighted by atomic mass is 10.2. The molecule has 2 N–H and O–H groups in total. The first-order chi connectivity index (χ1) is 9.31. The second kappa shape index (κ2) is 5.38. The third-order valence-electron chi connectivity index (χ3n) is 2.71. The van der Waals surface area contributed by atoms with E-state index >= 15 is 0 Å². The molecule has 0 aromatic heterocycles. The Hall–Kier alpha value is -1.66. The molecule has 0 radical (unpaired) electrons. The summed E-state index contributed by atoms with van der Waals surface area (Å²) in [4.78, 5) is -0.261. The maximum Gasteiger partial charge on any atom is 0.182 e. The lowest BCUT2D eigenvalue weighted by molar-refractivity contribution is 0.584. The molecule has 0 aliphatic rings. The van der Waals surface area contributed by atoms with E-state index in [4.69, 9.17) is 17.3 Å². The molecule has 0 atom stereocenters. The van der Waals surface area contributed by atoms with Gasteiger partial charge in [0.25, 0.3) is 0 Å². The van der Waals surface area contributed by atoms with E-state index in [1.807, 2.05) is 0 Å². The van der Waals surface area contributed by atoms with E-state index in [-0.39, 0.29) is 21.2 Å². The molecule has 20 heavy (non-hydrogen) atoms. The van der Waals surface area contributed by atoms with Crippen molar-refractivity contribution in [3.63, 3.8) is 0 Å². The van der Waals surface area contributed by atoms with Gasteiger partial charge in [0.05, 0.1) is 21.4 Å². The smallest absolute Gasteiger partial charge is 0.182 e. The van der Waals surface area contributed by atoms with E-state index < -0.39 is 27.2 Å². The van der Waals surface area contributed by atoms with Gasteiger partial charge < -0.3 is 5.73 Å². The highest BCUT2D eigenvalue weighted by Crippen LogP contribution is 2.24. The van der Waals surface area contributed by atoms with Crippen LogP contribution in [0.3, 0.4) is 0 Å². The predicted octanol–water partition coefficient (Wildman–Crippen LogP) is 3.17. The molecule has 2 rings (SSSR count). The number of hydrogen-bond acceptors (Lipinski definition) is 3. The minimum Gasteiger partial charge on any atom is -0.396 e. The summed E-state index contributed by atoms with van der Waals surface area (Å²) in [6.07, 6.45) is 0. The van der Waals surface area contributed by atoms with E-state index in [0.717, 1.165) is 12.1 Å². The van der Waals surface area contributed by atoms with E-state index in [1.54, 1.807) is 0 Å². The van der Waals surface area contributed by atoms with Crippen LogP contribution in [0.25, 0.3) is 0 Å². The number of nitrogens with two attached hydrogens (primary N) is 1. The number of sulfone groups is 1. The van der Waals surface area contributed by atoms with Gasteiger partial charge in [-0.2, -0.15) is 0 Å². The molecular weight excluding hydrogens is 308 g/mol. The van der Waals surface area contributed by atoms with Gasteiger partial charge in [-0.15, -0.1) is 0 Å². The summed E-state index contributed by atoms with van der Waals surface area (Å²) in [6, 6.07) is 7.21. The average Bonchev–Trinajstić information content (AvgIpc) is 2.38. The van der Waals surface area contributed by atoms with Gasteiger partial charge in [-0.1, -0.05) is 23.7 Å². The first-order valence-corrected chi connectivity index (χ1v) is 7.55. The zero-order valence-corrected chi connectivity index (χ0v) is 11.7. The highest BCUT2D eigenvalue weighted by molar-refractivity contribution is 7.90. The summed E-state index contributed by atoms with van der Waals surface area (Å²) in [6.45, 7) is 0. The van der Waals surface area contributed by atoms with Gasteiger partial charge in [-0.05, 0) is 24.3 Å². The molecule has 2 aromatic rings. The van der Waals surface area contributed by atoms with Gasteiger partial charge in [0.1, 0.15) is 11.6 Å². The summed E-state index contributed by atoms with van der Waals surface area (Å²) in [5.41, 5.74) is 5.05. The Kier molecular flexibility index (Phi) is 3.96. The fraction of sp³-hybridized carbons (Fsp3) is 0.0769. The highest BCUT2D eigenvalue weighted by atomic mass is 35.5. The molecule has 7 heteroatoms. The van der Waals surface area contributed by atoms with E-state index in [1.165, 1.54) is 24.3 Å². The maximum absolute atomic E-state index is 13.7. The van der Waals surface area contributed by atoms with Crippen molar-refractivity contribution in [2.24, 2.45) is 0 Å². The molecule has 0 fully saturated rings. The average molecular weight is 318 g/mol. The van der Waals surface area contributed by atoms with Crippen LogP contribution in [0.4, 0.5) is 14.5 Å². The topological polar surface area (TPSA) is 60.2 Å². The lowest BCUT2D eigenvalue weighted by Crippen LogP contribution is -2.07. The molecule has 0 aliphatic heterocycles. The molecule has 2 aromatic carbocycles. The molecule has 0 unspecified atom stereocenters. The standard InChI is InChI=1S/C13H10ClF2NO2S/c14-10-3-1-2-8(13(10)16)7-20(18,19)9-4-5-12(17)11(15)6-9/h1-6H,7,17H2. The van der Waals surface area contributed by atoms with Crippen LogP contribution in [0.2, 0.25) is 5.02 Å². The summed E-state index contributed by atoms with van der Waals surface area (Å²) < 4.78 is 51.2. The van der Waals surface area contributed by atoms with Gasteiger partial charge in [0, 0.05) is 5.56 Å². The molecule has 106 valence electrons. The van der Waals surface area contributed by atoms with Gasteiger partial charge in [0.15, 0.2) is 9.84 Å². The zero-order valence-electron chi connectivity index (χ0n) is 10.1. The number of rotatable bonds is 3. The number of benzene rings is 2. The van der Waals surface area contributed by atoms with Gasteiger partial charge in [-0.3, -0.25) is 0 Å². The SMILES string of the molecule is Nc1ccc(S(=O)(=O)Cc2cccc(Cl)c2F)cc1F. The predicted molar refractivity (Wildman–Crippen MR) is 73.1 cm³/mol. The van der Waals surface area contributed by atoms with Crippen LogP contribution in [-0.4, -0.2) is 8.42 Å². The Bertz CT molecular complexity index is 763. The quantitative estimate of drug-likeness (QED) is 0.884. The minimum atomic E-state index is -3.89. The Morgan fingerprint density at radius 3 is 2.50 bits per heavy atom. The summed E-state index contributed by atoms with van der Waals surface area (Å²) in [5, 5.41) is -0.166. The molecule has 0 amide bonds. The fourth-order valence-corrected chi connectivity index (χ4v) is 3.20. The van der Waals surface area contributed by atoms with E-state index in [2.05, 4.69) is 0 Å². The second-order valence-electron chi connectivity index (χ2n) is 4.16. The first-order valence-electron chi connectivity index (χ1n) is 5.52. The molecule has 0 heterocycles. The molecule has 0 aliphatic carbocycles. The Morgan fingerprint density at radius 1 is 1.15 bits per heavy atom. The van der Waals surface area contributed by atoms with Crippen molar-refractivity contribution in [2.45, 2.75) is 10.6 Å². The van der Waals surface area contributed by atoms with Crippen LogP contribution < -0.4 is 5.73 Å². The van der Waals surface area contributed by atoms with Gasteiger partial charge >= 0.3 is 0 Å². The molecule has 0 saturated carbocycles. The largest absolute Gasteiger partial charge is 0.396 e.